The number of alkyl halides is 2. The highest BCUT2D eigenvalue weighted by atomic mass is 32.1. The third kappa shape index (κ3) is 12.8. The number of hydrogen-bond donors (Lipinski definition) is 7. The molecule has 4 saturated heterocycles. The lowest BCUT2D eigenvalue weighted by Gasteiger charge is -2.38. The van der Waals surface area contributed by atoms with Crippen molar-refractivity contribution in [3.8, 4) is 11.8 Å². The minimum absolute atomic E-state index is 0.0622. The monoisotopic (exact) mass is 1140 g/mol. The molecule has 0 radical (unpaired) electrons. The zero-order chi connectivity index (χ0) is 57.0. The van der Waals surface area contributed by atoms with Crippen LogP contribution in [0, 0.1) is 23.7 Å². The fourth-order valence-corrected chi connectivity index (χ4v) is 13.8. The summed E-state index contributed by atoms with van der Waals surface area (Å²) >= 11 is 0.944. The molecule has 9 rings (SSSR count). The second-order valence-electron chi connectivity index (χ2n) is 22.0. The molecule has 0 spiro atoms. The van der Waals surface area contributed by atoms with Crippen LogP contribution in [0.2, 0.25) is 0 Å². The number of halogens is 2. The second-order valence-corrected chi connectivity index (χ2v) is 24.8. The van der Waals surface area contributed by atoms with Crippen molar-refractivity contribution < 1.29 is 66.3 Å². The number of hydrogen-bond acceptors (Lipinski definition) is 11. The normalized spacial score (nSPS) is 23.0. The summed E-state index contributed by atoms with van der Waals surface area (Å²) in [6, 6.07) is 4.28. The maximum absolute atomic E-state index is 14.6. The molecular formula is C56H67F2N8O12PS. The van der Waals surface area contributed by atoms with E-state index in [1.54, 1.807) is 17.0 Å². The molecule has 428 valence electrons. The Bertz CT molecular complexity index is 3070. The van der Waals surface area contributed by atoms with Crippen molar-refractivity contribution in [3.05, 3.63) is 69.6 Å². The molecule has 1 aromatic heterocycles. The lowest BCUT2D eigenvalue weighted by Crippen LogP contribution is -2.60. The molecular weight excluding hydrogens is 1080 g/mol. The Morgan fingerprint density at radius 3 is 2.35 bits per heavy atom. The quantitative estimate of drug-likeness (QED) is 0.0578. The van der Waals surface area contributed by atoms with E-state index in [0.29, 0.717) is 86.7 Å². The van der Waals surface area contributed by atoms with Crippen LogP contribution in [-0.2, 0) is 50.3 Å². The van der Waals surface area contributed by atoms with Crippen LogP contribution in [0.4, 0.5) is 8.78 Å². The highest BCUT2D eigenvalue weighted by Gasteiger charge is 2.51. The van der Waals surface area contributed by atoms with Crippen molar-refractivity contribution in [1.29, 1.82) is 0 Å². The highest BCUT2D eigenvalue weighted by Crippen LogP contribution is 2.59. The summed E-state index contributed by atoms with van der Waals surface area (Å²) < 4.78 is 41.0. The predicted molar refractivity (Wildman–Crippen MR) is 288 cm³/mol. The number of carbonyl (C=O) groups excluding carboxylic acids is 9. The number of nitrogens with two attached hydrogens (primary N) is 1. The van der Waals surface area contributed by atoms with Crippen LogP contribution in [-0.4, -0.2) is 127 Å². The molecule has 5 aliphatic heterocycles. The number of primary amides is 1. The van der Waals surface area contributed by atoms with Gasteiger partial charge in [-0.1, -0.05) is 56.1 Å². The molecule has 9 amide bonds. The smallest absolute Gasteiger partial charge is 0.370 e. The lowest BCUT2D eigenvalue weighted by molar-refractivity contribution is -0.144. The first-order valence-corrected chi connectivity index (χ1v) is 30.1. The summed E-state index contributed by atoms with van der Waals surface area (Å²) in [5.74, 6) is 2.09. The standard InChI is InChI=1S/C56H67F2N8O12PS/c57-56(58,79(76,77)78)36-17-22-44-35(29-36)30-45(80-44)52(72)61-41-16-7-6-14-37-18-20-43(66(37)54(41)74)51(71)60-40(19-23-46(59)67)49(69)63-48(34-11-2-1-3-12-34)55(75)64-27-25-32(26-28-64)9-4-5-10-33-13-8-15-38-39(33)31-65(53(38)73)42-21-24-47(68)62-50(42)70/h8,13,15,17,22,29-30,32,34,37,40-43,48H,1-4,6-7,9,11-12,14,16,18-21,23-28,31H2,(H2,59,67)(H,60,71)(H,61,72)(H,63,69)(H,62,68,70)(H2,76,77,78)/t37-,40-,41-,42?,43-,48-/m0/s1. The Labute approximate surface area is 465 Å². The summed E-state index contributed by atoms with van der Waals surface area (Å²) in [4.78, 5) is 145. The van der Waals surface area contributed by atoms with Gasteiger partial charge in [-0.25, -0.2) is 0 Å². The van der Waals surface area contributed by atoms with Crippen LogP contribution in [0.25, 0.3) is 10.1 Å². The molecule has 20 nitrogen and oxygen atoms in total. The van der Waals surface area contributed by atoms with Crippen LogP contribution in [0.3, 0.4) is 0 Å². The molecule has 0 bridgehead atoms. The Morgan fingerprint density at radius 1 is 0.887 bits per heavy atom. The Morgan fingerprint density at radius 2 is 1.62 bits per heavy atom. The molecule has 6 heterocycles. The van der Waals surface area contributed by atoms with Crippen LogP contribution < -0.4 is 27.0 Å². The van der Waals surface area contributed by atoms with Crippen molar-refractivity contribution in [3.63, 3.8) is 0 Å². The number of fused-ring (bicyclic) bond motifs is 3. The fraction of sp³-hybridized carbons (Fsp3) is 0.554. The molecule has 5 fully saturated rings. The minimum Gasteiger partial charge on any atom is -0.370 e. The second kappa shape index (κ2) is 24.6. The number of rotatable bonds is 16. The van der Waals surface area contributed by atoms with Crippen LogP contribution in [0.1, 0.15) is 159 Å². The van der Waals surface area contributed by atoms with E-state index in [9.17, 15) is 66.3 Å². The number of amides is 9. The SMILES string of the molecule is NC(=O)CC[C@H](NC(=O)[C@@H]1CC[C@@H]2CCCC[C@H](NC(=O)c3cc4cc(C(F)(F)P(=O)(O)O)ccc4s3)C(=O)N21)C(=O)N[C@H](C(=O)N1CCC(CCC#Cc2cccc3c2CN(C2CCC(=O)NC2=O)C3=O)CC1)C1CCCCC1. The maximum Gasteiger partial charge on any atom is 0.399 e. The number of piperidine rings is 2. The number of thiophene rings is 1. The van der Waals surface area contributed by atoms with E-state index in [0.717, 1.165) is 54.7 Å². The summed E-state index contributed by atoms with van der Waals surface area (Å²) in [5, 5.41) is 11.0. The molecule has 6 aliphatic rings. The number of likely N-dealkylation sites (tertiary alicyclic amines) is 1. The number of carbonyl (C=O) groups is 9. The average Bonchev–Trinajstić information content (AvgIpc) is 4.25. The first-order valence-electron chi connectivity index (χ1n) is 27.7. The molecule has 1 unspecified atom stereocenters. The molecule has 3 aromatic rings. The fourth-order valence-electron chi connectivity index (χ4n) is 12.4. The third-order valence-corrected chi connectivity index (χ3v) is 18.9. The van der Waals surface area contributed by atoms with Gasteiger partial charge in [0.05, 0.1) is 4.88 Å². The molecule has 8 N–H and O–H groups in total. The first-order chi connectivity index (χ1) is 38.2. The first kappa shape index (κ1) is 58.1. The van der Waals surface area contributed by atoms with Gasteiger partial charge in [-0.05, 0) is 124 Å². The van der Waals surface area contributed by atoms with Crippen LogP contribution in [0.5, 0.6) is 0 Å². The molecule has 1 aliphatic carbocycles. The van der Waals surface area contributed by atoms with Crippen molar-refractivity contribution in [2.24, 2.45) is 17.6 Å². The molecule has 2 aromatic carbocycles. The van der Waals surface area contributed by atoms with Crippen molar-refractivity contribution in [2.45, 2.75) is 170 Å². The van der Waals surface area contributed by atoms with E-state index < -0.39 is 84.5 Å². The number of benzene rings is 2. The van der Waals surface area contributed by atoms with Crippen LogP contribution in [0.15, 0.2) is 42.5 Å². The Balaban J connectivity index is 0.818. The van der Waals surface area contributed by atoms with Crippen molar-refractivity contribution >= 4 is 82.2 Å². The maximum atomic E-state index is 14.6. The van der Waals surface area contributed by atoms with Gasteiger partial charge in [0.25, 0.3) is 11.8 Å². The predicted octanol–water partition coefficient (Wildman–Crippen LogP) is 4.81. The van der Waals surface area contributed by atoms with Gasteiger partial charge in [-0.2, -0.15) is 8.78 Å². The average molecular weight is 1150 g/mol. The van der Waals surface area contributed by atoms with E-state index >= 15 is 0 Å². The zero-order valence-electron chi connectivity index (χ0n) is 44.2. The van der Waals surface area contributed by atoms with Gasteiger partial charge >= 0.3 is 13.3 Å². The summed E-state index contributed by atoms with van der Waals surface area (Å²) in [5.41, 5.74) is 2.15. The summed E-state index contributed by atoms with van der Waals surface area (Å²) in [6.45, 7) is 1.15. The summed E-state index contributed by atoms with van der Waals surface area (Å²) in [7, 11) is -5.85. The topological polar surface area (TPSA) is 295 Å². The van der Waals surface area contributed by atoms with Gasteiger partial charge < -0.3 is 46.2 Å². The van der Waals surface area contributed by atoms with Crippen LogP contribution >= 0.6 is 18.9 Å². The minimum atomic E-state index is -5.85. The molecule has 24 heteroatoms. The van der Waals surface area contributed by atoms with Gasteiger partial charge in [-0.15, -0.1) is 11.3 Å². The van der Waals surface area contributed by atoms with E-state index in [2.05, 4.69) is 33.1 Å². The van der Waals surface area contributed by atoms with Crippen molar-refractivity contribution in [1.82, 2.24) is 36.0 Å². The van der Waals surface area contributed by atoms with E-state index in [1.807, 2.05) is 6.07 Å². The lowest BCUT2D eigenvalue weighted by atomic mass is 9.82. The van der Waals surface area contributed by atoms with Gasteiger partial charge in [0.2, 0.25) is 41.4 Å². The Hall–Kier alpha value is -6.60. The van der Waals surface area contributed by atoms with Gasteiger partial charge in [0.1, 0.15) is 30.2 Å². The largest absolute Gasteiger partial charge is 0.399 e. The van der Waals surface area contributed by atoms with Crippen molar-refractivity contribution in [2.75, 3.05) is 13.1 Å². The van der Waals surface area contributed by atoms with Gasteiger partial charge in [0.15, 0.2) is 0 Å². The number of imide groups is 1. The zero-order valence-corrected chi connectivity index (χ0v) is 45.9. The molecule has 80 heavy (non-hydrogen) atoms. The van der Waals surface area contributed by atoms with E-state index in [-0.39, 0.29) is 90.9 Å². The third-order valence-electron chi connectivity index (χ3n) is 16.8. The molecule has 6 atom stereocenters. The number of nitrogens with zero attached hydrogens (tertiary/aromatic N) is 3. The van der Waals surface area contributed by atoms with E-state index in [4.69, 9.17) is 5.73 Å². The van der Waals surface area contributed by atoms with E-state index in [1.165, 1.54) is 21.9 Å². The Kier molecular flexibility index (Phi) is 17.9. The van der Waals surface area contributed by atoms with Gasteiger partial charge in [-0.3, -0.25) is 53.0 Å². The molecule has 1 saturated carbocycles. The van der Waals surface area contributed by atoms with Gasteiger partial charge in [0, 0.05) is 66.3 Å². The highest BCUT2D eigenvalue weighted by molar-refractivity contribution is 7.52. The number of nitrogens with one attached hydrogen (secondary N) is 4. The summed E-state index contributed by atoms with van der Waals surface area (Å²) in [6.07, 6.45) is 9.74.